The lowest BCUT2D eigenvalue weighted by Crippen LogP contribution is -2.18. The molecule has 4 nitrogen and oxygen atoms in total. The van der Waals surface area contributed by atoms with Crippen LogP contribution in [0.25, 0.3) is 0 Å². The van der Waals surface area contributed by atoms with Crippen molar-refractivity contribution < 1.29 is 4.74 Å². The molecule has 0 aliphatic heterocycles. The predicted molar refractivity (Wildman–Crippen MR) is 66.8 cm³/mol. The van der Waals surface area contributed by atoms with Crippen LogP contribution >= 0.6 is 0 Å². The van der Waals surface area contributed by atoms with Gasteiger partial charge in [-0.15, -0.1) is 0 Å². The Morgan fingerprint density at radius 1 is 1.35 bits per heavy atom. The van der Waals surface area contributed by atoms with Gasteiger partial charge in [0.15, 0.2) is 0 Å². The Bertz CT molecular complexity index is 453. The highest BCUT2D eigenvalue weighted by Crippen LogP contribution is 2.24. The SMILES string of the molecule is CCOc1ccccc1C(N)Cn1cccn1. The molecule has 0 spiro atoms. The lowest BCUT2D eigenvalue weighted by Gasteiger charge is -2.16. The Hall–Kier alpha value is -1.81. The average molecular weight is 231 g/mol. The van der Waals surface area contributed by atoms with Gasteiger partial charge in [-0.3, -0.25) is 4.68 Å². The van der Waals surface area contributed by atoms with Crippen molar-refractivity contribution in [1.82, 2.24) is 9.78 Å². The lowest BCUT2D eigenvalue weighted by atomic mass is 10.1. The van der Waals surface area contributed by atoms with Crippen molar-refractivity contribution in [3.8, 4) is 5.75 Å². The van der Waals surface area contributed by atoms with Gasteiger partial charge in [0.2, 0.25) is 0 Å². The second-order valence-electron chi connectivity index (χ2n) is 3.81. The zero-order chi connectivity index (χ0) is 12.1. The molecule has 2 N–H and O–H groups in total. The lowest BCUT2D eigenvalue weighted by molar-refractivity contribution is 0.332. The van der Waals surface area contributed by atoms with Crippen LogP contribution in [-0.4, -0.2) is 16.4 Å². The maximum absolute atomic E-state index is 6.18. The highest BCUT2D eigenvalue weighted by Gasteiger charge is 2.12. The molecule has 1 heterocycles. The number of benzene rings is 1. The van der Waals surface area contributed by atoms with Crippen LogP contribution in [0.2, 0.25) is 0 Å². The molecule has 2 rings (SSSR count). The fourth-order valence-electron chi connectivity index (χ4n) is 1.78. The minimum absolute atomic E-state index is 0.113. The minimum Gasteiger partial charge on any atom is -0.494 e. The summed E-state index contributed by atoms with van der Waals surface area (Å²) in [7, 11) is 0. The van der Waals surface area contributed by atoms with Crippen LogP contribution in [-0.2, 0) is 6.54 Å². The maximum atomic E-state index is 6.18. The summed E-state index contributed by atoms with van der Waals surface area (Å²) < 4.78 is 7.39. The molecule has 0 amide bonds. The summed E-state index contributed by atoms with van der Waals surface area (Å²) in [4.78, 5) is 0. The molecule has 90 valence electrons. The molecule has 0 saturated heterocycles. The van der Waals surface area contributed by atoms with E-state index in [2.05, 4.69) is 5.10 Å². The third kappa shape index (κ3) is 2.85. The first kappa shape index (κ1) is 11.7. The second-order valence-corrected chi connectivity index (χ2v) is 3.81. The molecular formula is C13H17N3O. The molecule has 17 heavy (non-hydrogen) atoms. The molecule has 4 heteroatoms. The van der Waals surface area contributed by atoms with E-state index < -0.39 is 0 Å². The van der Waals surface area contributed by atoms with E-state index in [1.807, 2.05) is 48.1 Å². The van der Waals surface area contributed by atoms with Crippen LogP contribution < -0.4 is 10.5 Å². The summed E-state index contributed by atoms with van der Waals surface area (Å²) in [5.41, 5.74) is 7.19. The number of aromatic nitrogens is 2. The van der Waals surface area contributed by atoms with E-state index in [4.69, 9.17) is 10.5 Å². The van der Waals surface area contributed by atoms with Gasteiger partial charge in [-0.25, -0.2) is 0 Å². The third-order valence-corrected chi connectivity index (χ3v) is 2.56. The molecule has 0 saturated carbocycles. The number of rotatable bonds is 5. The molecule has 0 fully saturated rings. The smallest absolute Gasteiger partial charge is 0.124 e. The van der Waals surface area contributed by atoms with Crippen LogP contribution in [0.3, 0.4) is 0 Å². The first-order valence-electron chi connectivity index (χ1n) is 5.76. The maximum Gasteiger partial charge on any atom is 0.124 e. The number of nitrogens with two attached hydrogens (primary N) is 1. The molecule has 0 aliphatic carbocycles. The van der Waals surface area contributed by atoms with E-state index >= 15 is 0 Å². The van der Waals surface area contributed by atoms with E-state index in [9.17, 15) is 0 Å². The van der Waals surface area contributed by atoms with Gasteiger partial charge < -0.3 is 10.5 Å². The average Bonchev–Trinajstić information content (AvgIpc) is 2.83. The summed E-state index contributed by atoms with van der Waals surface area (Å²) in [5, 5.41) is 4.15. The number of hydrogen-bond acceptors (Lipinski definition) is 3. The van der Waals surface area contributed by atoms with Gasteiger partial charge >= 0.3 is 0 Å². The molecule has 0 bridgehead atoms. The zero-order valence-corrected chi connectivity index (χ0v) is 9.91. The fraction of sp³-hybridized carbons (Fsp3) is 0.308. The number of para-hydroxylation sites is 1. The molecule has 0 aliphatic rings. The monoisotopic (exact) mass is 231 g/mol. The molecule has 2 aromatic rings. The van der Waals surface area contributed by atoms with E-state index in [-0.39, 0.29) is 6.04 Å². The normalized spacial score (nSPS) is 12.4. The summed E-state index contributed by atoms with van der Waals surface area (Å²) in [6.45, 7) is 3.26. The van der Waals surface area contributed by atoms with Crippen molar-refractivity contribution >= 4 is 0 Å². The van der Waals surface area contributed by atoms with Crippen molar-refractivity contribution in [3.05, 3.63) is 48.3 Å². The summed E-state index contributed by atoms with van der Waals surface area (Å²) in [6.07, 6.45) is 3.66. The van der Waals surface area contributed by atoms with Gasteiger partial charge in [0.05, 0.1) is 19.2 Å². The van der Waals surface area contributed by atoms with E-state index in [0.717, 1.165) is 11.3 Å². The Balaban J connectivity index is 2.15. The summed E-state index contributed by atoms with van der Waals surface area (Å²) in [6, 6.07) is 9.65. The van der Waals surface area contributed by atoms with Crippen LogP contribution in [0.1, 0.15) is 18.5 Å². The van der Waals surface area contributed by atoms with Crippen LogP contribution in [0, 0.1) is 0 Å². The van der Waals surface area contributed by atoms with E-state index in [0.29, 0.717) is 13.2 Å². The molecule has 1 aromatic carbocycles. The predicted octanol–water partition coefficient (Wildman–Crippen LogP) is 1.98. The van der Waals surface area contributed by atoms with Crippen molar-refractivity contribution in [3.63, 3.8) is 0 Å². The summed E-state index contributed by atoms with van der Waals surface area (Å²) >= 11 is 0. The van der Waals surface area contributed by atoms with Crippen LogP contribution in [0.15, 0.2) is 42.7 Å². The number of ether oxygens (including phenoxy) is 1. The van der Waals surface area contributed by atoms with E-state index in [1.54, 1.807) is 6.20 Å². The fourth-order valence-corrected chi connectivity index (χ4v) is 1.78. The Labute approximate surface area is 101 Å². The minimum atomic E-state index is -0.113. The topological polar surface area (TPSA) is 53.1 Å². The Morgan fingerprint density at radius 2 is 2.18 bits per heavy atom. The van der Waals surface area contributed by atoms with Gasteiger partial charge in [0.25, 0.3) is 0 Å². The van der Waals surface area contributed by atoms with Crippen LogP contribution in [0.4, 0.5) is 0 Å². The van der Waals surface area contributed by atoms with Gasteiger partial charge in [-0.05, 0) is 19.1 Å². The van der Waals surface area contributed by atoms with Crippen molar-refractivity contribution in [2.24, 2.45) is 5.73 Å². The quantitative estimate of drug-likeness (QED) is 0.856. The highest BCUT2D eigenvalue weighted by atomic mass is 16.5. The van der Waals surface area contributed by atoms with Gasteiger partial charge in [0.1, 0.15) is 5.75 Å². The molecule has 0 radical (unpaired) electrons. The Morgan fingerprint density at radius 3 is 2.88 bits per heavy atom. The largest absolute Gasteiger partial charge is 0.494 e. The van der Waals surface area contributed by atoms with Crippen molar-refractivity contribution in [2.45, 2.75) is 19.5 Å². The standard InChI is InChI=1S/C13H17N3O/c1-2-17-13-7-4-3-6-11(13)12(14)10-16-9-5-8-15-16/h3-9,12H,2,10,14H2,1H3. The first-order chi connectivity index (χ1) is 8.31. The van der Waals surface area contributed by atoms with Gasteiger partial charge in [-0.1, -0.05) is 18.2 Å². The molecule has 1 unspecified atom stereocenters. The molecule has 1 aromatic heterocycles. The number of hydrogen-bond donors (Lipinski definition) is 1. The molecule has 1 atom stereocenters. The van der Waals surface area contributed by atoms with E-state index in [1.165, 1.54) is 0 Å². The molecular weight excluding hydrogens is 214 g/mol. The highest BCUT2D eigenvalue weighted by molar-refractivity contribution is 5.35. The number of nitrogens with zero attached hydrogens (tertiary/aromatic N) is 2. The summed E-state index contributed by atoms with van der Waals surface area (Å²) in [5.74, 6) is 0.856. The first-order valence-corrected chi connectivity index (χ1v) is 5.76. The van der Waals surface area contributed by atoms with Crippen LogP contribution in [0.5, 0.6) is 5.75 Å². The van der Waals surface area contributed by atoms with Gasteiger partial charge in [0, 0.05) is 18.0 Å². The Kier molecular flexibility index (Phi) is 3.77. The third-order valence-electron chi connectivity index (χ3n) is 2.56. The van der Waals surface area contributed by atoms with Crippen molar-refractivity contribution in [2.75, 3.05) is 6.61 Å². The zero-order valence-electron chi connectivity index (χ0n) is 9.91. The van der Waals surface area contributed by atoms with Gasteiger partial charge in [-0.2, -0.15) is 5.10 Å². The van der Waals surface area contributed by atoms with Crippen molar-refractivity contribution in [1.29, 1.82) is 0 Å². The second kappa shape index (κ2) is 5.50.